The van der Waals surface area contributed by atoms with Gasteiger partial charge in [0.2, 0.25) is 0 Å². The van der Waals surface area contributed by atoms with Gasteiger partial charge in [-0.2, -0.15) is 0 Å². The van der Waals surface area contributed by atoms with E-state index >= 15 is 35.1 Å². The minimum absolute atomic E-state index is 0.534. The quantitative estimate of drug-likeness (QED) is 0.00914. The predicted octanol–water partition coefficient (Wildman–Crippen LogP) is 21.8. The van der Waals surface area contributed by atoms with Gasteiger partial charge in [-0.05, 0) is 44.7 Å². The van der Waals surface area contributed by atoms with Crippen molar-refractivity contribution in [3.63, 3.8) is 0 Å². The van der Waals surface area contributed by atoms with Crippen molar-refractivity contribution in [2.75, 3.05) is 19.6 Å². The van der Waals surface area contributed by atoms with Gasteiger partial charge in [0.1, 0.15) is 58.4 Å². The highest BCUT2D eigenvalue weighted by Gasteiger charge is 2.52. The lowest BCUT2D eigenvalue weighted by Crippen LogP contribution is -2.81. The first-order valence-electron chi connectivity index (χ1n) is 33.1. The summed E-state index contributed by atoms with van der Waals surface area (Å²) in [5, 5.41) is 0. The maximum absolute atomic E-state index is 15.4. The van der Waals surface area contributed by atoms with E-state index < -0.39 is 144 Å². The molecule has 0 N–H and O–H groups in total. The molecule has 0 spiro atoms. The molecule has 1 atom stereocenters. The molecule has 91 heavy (non-hydrogen) atoms. The Hall–Kier alpha value is -5.28. The summed E-state index contributed by atoms with van der Waals surface area (Å²) in [6, 6.07) is 11.3. The molecule has 0 fully saturated rings. The zero-order chi connectivity index (χ0) is 68.1. The SMILES string of the molecule is Fc1c(F)c(F)c([B-](c2c(F)c(F)c(F)c(F)c2F)(c2c(F)c(F)c(F)c(F)c2F)c2c(F)c(F)c(F)c(F)c2F)c(F)c1F.[2H]CC[N+](CCCCCCCCCCCCCCCCCC)(CCCCCCCCCCCCCCCCCCC)c1ccccc1. The highest BCUT2D eigenvalue weighted by Crippen LogP contribution is 2.32. The van der Waals surface area contributed by atoms with E-state index in [2.05, 4.69) is 44.2 Å². The monoisotopic (exact) mass is 1320 g/mol. The summed E-state index contributed by atoms with van der Waals surface area (Å²) in [4.78, 5) is 0. The Morgan fingerprint density at radius 3 is 0.615 bits per heavy atom. The van der Waals surface area contributed by atoms with E-state index in [0.29, 0.717) is 6.90 Å². The first kappa shape index (κ1) is 76.4. The summed E-state index contributed by atoms with van der Waals surface area (Å²) in [6.07, 6.45) is 39.9. The molecule has 0 radical (unpaired) electrons. The lowest BCUT2D eigenvalue weighted by atomic mass is 9.12. The van der Waals surface area contributed by atoms with Gasteiger partial charge >= 0.3 is 0 Å². The summed E-state index contributed by atoms with van der Waals surface area (Å²) in [6.45, 7) is 8.57. The van der Waals surface area contributed by atoms with Crippen LogP contribution in [-0.4, -0.2) is 25.8 Å². The fourth-order valence-corrected chi connectivity index (χ4v) is 12.4. The Balaban J connectivity index is 0.000000392. The third-order valence-corrected chi connectivity index (χ3v) is 17.6. The van der Waals surface area contributed by atoms with Crippen LogP contribution in [0.25, 0.3) is 0 Å². The van der Waals surface area contributed by atoms with Crippen molar-refractivity contribution in [3.8, 4) is 0 Å². The van der Waals surface area contributed by atoms with Gasteiger partial charge in [0.25, 0.3) is 0 Å². The topological polar surface area (TPSA) is 0 Å². The van der Waals surface area contributed by atoms with E-state index in [0.717, 1.165) is 11.0 Å². The first-order chi connectivity index (χ1) is 44.0. The average Bonchev–Trinajstić information content (AvgIpc) is 0.684. The molecular weight excluding hydrogens is 1230 g/mol. The van der Waals surface area contributed by atoms with Crippen molar-refractivity contribution in [2.45, 2.75) is 233 Å². The van der Waals surface area contributed by atoms with E-state index in [9.17, 15) is 52.7 Å². The Morgan fingerprint density at radius 2 is 0.429 bits per heavy atom. The van der Waals surface area contributed by atoms with Crippen LogP contribution >= 0.6 is 0 Å². The molecule has 510 valence electrons. The van der Waals surface area contributed by atoms with Crippen LogP contribution in [0.2, 0.25) is 0 Å². The highest BCUT2D eigenvalue weighted by atomic mass is 19.2. The van der Waals surface area contributed by atoms with Crippen molar-refractivity contribution < 1.29 is 89.2 Å². The molecule has 22 heteroatoms. The van der Waals surface area contributed by atoms with Gasteiger partial charge in [0.05, 0.1) is 19.6 Å². The summed E-state index contributed by atoms with van der Waals surface area (Å²) < 4.78 is 303. The number of para-hydroxylation sites is 1. The van der Waals surface area contributed by atoms with Crippen LogP contribution in [0.3, 0.4) is 0 Å². The van der Waals surface area contributed by atoms with Gasteiger partial charge in [-0.15, -0.1) is 21.9 Å². The Kier molecular flexibility index (Phi) is 33.1. The number of unbranched alkanes of at least 4 members (excludes halogenated alkanes) is 31. The standard InChI is InChI=1S/C45H86N.C24BF20/c1-4-7-9-11-13-15-17-19-21-23-25-27-29-31-33-35-40-44-46(6-3,45-41-37-36-38-42-45)43-39-34-32-30-28-26-24-22-20-18-16-14-12-10-8-5-2;26-5-1(6(27)14(35)21(42)13(5)34)25(2-7(28)15(36)22(43)16(37)8(2)29,3-9(30)17(38)23(44)18(39)10(3)31)4-11(32)19(40)24(45)20(41)12(4)33/h36-38,41-42H,4-35,39-40,43-44H2,1-3H3;/q+1;-1/i3D;. The molecule has 0 saturated heterocycles. The molecule has 0 aliphatic heterocycles. The van der Waals surface area contributed by atoms with Crippen LogP contribution in [0.5, 0.6) is 0 Å². The van der Waals surface area contributed by atoms with E-state index in [1.165, 1.54) is 231 Å². The normalized spacial score (nSPS) is 12.6. The summed E-state index contributed by atoms with van der Waals surface area (Å²) >= 11 is 0. The van der Waals surface area contributed by atoms with Gasteiger partial charge in [-0.3, -0.25) is 4.48 Å². The number of quaternary nitrogens is 1. The van der Waals surface area contributed by atoms with Crippen LogP contribution in [0, 0.1) is 116 Å². The first-order valence-corrected chi connectivity index (χ1v) is 32.4. The van der Waals surface area contributed by atoms with E-state index in [1.54, 1.807) is 0 Å². The predicted molar refractivity (Wildman–Crippen MR) is 321 cm³/mol. The fourth-order valence-electron chi connectivity index (χ4n) is 12.4. The van der Waals surface area contributed by atoms with Crippen molar-refractivity contribution >= 4 is 33.7 Å². The van der Waals surface area contributed by atoms with Crippen molar-refractivity contribution in [3.05, 3.63) is 147 Å². The molecular formula is C69H86BF20N. The van der Waals surface area contributed by atoms with Gasteiger partial charge in [0.15, 0.2) is 69.8 Å². The second-order valence-corrected chi connectivity index (χ2v) is 23.9. The largest absolute Gasteiger partial charge is 0.291 e. The van der Waals surface area contributed by atoms with Crippen LogP contribution < -0.4 is 26.3 Å². The number of hydrogen-bond acceptors (Lipinski definition) is 0. The second kappa shape index (κ2) is 39.4. The minimum Gasteiger partial charge on any atom is -0.291 e. The Bertz CT molecular complexity index is 2680. The molecule has 0 aliphatic rings. The summed E-state index contributed by atoms with van der Waals surface area (Å²) in [7, 11) is 0. The number of halogens is 20. The molecule has 0 aliphatic carbocycles. The van der Waals surface area contributed by atoms with Crippen LogP contribution in [0.15, 0.2) is 30.3 Å². The lowest BCUT2D eigenvalue weighted by molar-refractivity contribution is 0.271. The number of benzene rings is 5. The zero-order valence-electron chi connectivity index (χ0n) is 53.1. The molecule has 5 aromatic rings. The number of hydrogen-bond donors (Lipinski definition) is 0. The van der Waals surface area contributed by atoms with Crippen molar-refractivity contribution in [2.24, 2.45) is 0 Å². The van der Waals surface area contributed by atoms with E-state index in [4.69, 9.17) is 1.37 Å². The van der Waals surface area contributed by atoms with E-state index in [-0.39, 0.29) is 0 Å². The zero-order valence-corrected chi connectivity index (χ0v) is 52.1. The Labute approximate surface area is 524 Å². The Morgan fingerprint density at radius 1 is 0.253 bits per heavy atom. The molecule has 1 unspecified atom stereocenters. The molecule has 0 amide bonds. The van der Waals surface area contributed by atoms with Gasteiger partial charge < -0.3 is 0 Å². The summed E-state index contributed by atoms with van der Waals surface area (Å²) in [5.41, 5.74) is -12.9. The van der Waals surface area contributed by atoms with Gasteiger partial charge in [-0.1, -0.05) is 218 Å². The fraction of sp³-hybridized carbons (Fsp3) is 0.565. The molecule has 0 heterocycles. The van der Waals surface area contributed by atoms with Crippen molar-refractivity contribution in [1.29, 1.82) is 0 Å². The van der Waals surface area contributed by atoms with Crippen LogP contribution in [0.1, 0.15) is 234 Å². The molecule has 1 nitrogen and oxygen atoms in total. The lowest BCUT2D eigenvalue weighted by Gasteiger charge is -2.44. The molecule has 0 saturated carbocycles. The third kappa shape index (κ3) is 19.9. The maximum Gasteiger partial charge on any atom is 0.200 e. The van der Waals surface area contributed by atoms with Crippen LogP contribution in [-0.2, 0) is 0 Å². The molecule has 0 bridgehead atoms. The van der Waals surface area contributed by atoms with Crippen molar-refractivity contribution in [1.82, 2.24) is 4.48 Å². The van der Waals surface area contributed by atoms with E-state index in [1.807, 2.05) is 0 Å². The maximum atomic E-state index is 15.4. The summed E-state index contributed by atoms with van der Waals surface area (Å²) in [5.74, 6) is -71.4. The van der Waals surface area contributed by atoms with Crippen LogP contribution in [0.4, 0.5) is 93.5 Å². The minimum atomic E-state index is -7.22. The van der Waals surface area contributed by atoms with Gasteiger partial charge in [-0.25, -0.2) is 87.8 Å². The average molecular weight is 1320 g/mol. The number of nitrogens with zero attached hydrogens (tertiary/aromatic N) is 1. The highest BCUT2D eigenvalue weighted by molar-refractivity contribution is 7.20. The molecule has 5 aromatic carbocycles. The third-order valence-electron chi connectivity index (χ3n) is 17.6. The number of rotatable bonds is 41. The smallest absolute Gasteiger partial charge is 0.200 e. The van der Waals surface area contributed by atoms with Gasteiger partial charge in [0, 0.05) is 1.37 Å². The molecule has 5 rings (SSSR count). The molecule has 0 aromatic heterocycles. The second-order valence-electron chi connectivity index (χ2n) is 23.9.